The van der Waals surface area contributed by atoms with Crippen LogP contribution in [0, 0.1) is 12.3 Å². The summed E-state index contributed by atoms with van der Waals surface area (Å²) in [6.07, 6.45) is -0.669. The van der Waals surface area contributed by atoms with Gasteiger partial charge in [0.15, 0.2) is 0 Å². The van der Waals surface area contributed by atoms with E-state index in [1.807, 2.05) is 6.07 Å². The van der Waals surface area contributed by atoms with E-state index in [0.717, 1.165) is 31.2 Å². The van der Waals surface area contributed by atoms with Crippen LogP contribution in [-0.4, -0.2) is 27.0 Å². The highest BCUT2D eigenvalue weighted by Crippen LogP contribution is 2.44. The van der Waals surface area contributed by atoms with Crippen molar-refractivity contribution in [1.82, 2.24) is 9.55 Å². The molecule has 1 saturated carbocycles. The normalized spacial score (nSPS) is 18.3. The van der Waals surface area contributed by atoms with Crippen LogP contribution in [0.4, 0.5) is 24.8 Å². The molecule has 0 saturated heterocycles. The van der Waals surface area contributed by atoms with Gasteiger partial charge in [0.25, 0.3) is 0 Å². The van der Waals surface area contributed by atoms with Crippen LogP contribution in [0.3, 0.4) is 0 Å². The number of fused-ring (bicyclic) bond motifs is 1. The fourth-order valence-corrected chi connectivity index (χ4v) is 4.68. The molecule has 2 aromatic carbocycles. The topological polar surface area (TPSA) is 76.4 Å². The second kappa shape index (κ2) is 8.28. The number of aromatic carboxylic acids is 1. The number of carbonyl (C=O) groups is 1. The van der Waals surface area contributed by atoms with Crippen molar-refractivity contribution in [1.29, 1.82) is 0 Å². The van der Waals surface area contributed by atoms with Gasteiger partial charge in [-0.3, -0.25) is 0 Å². The number of rotatable bonds is 5. The molecular formula is C24H26F3N3O3. The molecule has 0 unspecified atom stereocenters. The van der Waals surface area contributed by atoms with Crippen LogP contribution in [0.5, 0.6) is 5.75 Å². The highest BCUT2D eigenvalue weighted by molar-refractivity contribution is 5.95. The molecule has 2 N–H and O–H groups in total. The zero-order valence-corrected chi connectivity index (χ0v) is 18.7. The lowest BCUT2D eigenvalue weighted by Crippen LogP contribution is -2.25. The Bertz CT molecular complexity index is 1180. The summed E-state index contributed by atoms with van der Waals surface area (Å²) in [6, 6.07) is 9.02. The van der Waals surface area contributed by atoms with E-state index >= 15 is 0 Å². The second-order valence-corrected chi connectivity index (χ2v) is 9.38. The number of aromatic nitrogens is 2. The Morgan fingerprint density at radius 3 is 2.55 bits per heavy atom. The molecule has 9 heteroatoms. The summed E-state index contributed by atoms with van der Waals surface area (Å²) >= 11 is 0. The first kappa shape index (κ1) is 22.9. The van der Waals surface area contributed by atoms with Crippen molar-refractivity contribution in [3.63, 3.8) is 0 Å². The van der Waals surface area contributed by atoms with Crippen LogP contribution in [-0.2, 0) is 0 Å². The number of hydrogen-bond donors (Lipinski definition) is 2. The van der Waals surface area contributed by atoms with Crippen LogP contribution >= 0.6 is 0 Å². The average Bonchev–Trinajstić information content (AvgIpc) is 3.03. The highest BCUT2D eigenvalue weighted by atomic mass is 19.4. The molecule has 1 aliphatic rings. The van der Waals surface area contributed by atoms with Crippen molar-refractivity contribution in [2.75, 3.05) is 5.32 Å². The standard InChI is InChI=1S/C24H26F3N3O3/c1-14-11-20-19(12-18(14)21(31)32)29-22(30(20)16-5-4-10-23(2,3)13-16)28-15-6-8-17(9-7-15)33-24(25,26)27/h6-9,11-12,16H,4-5,10,13H2,1-3H3,(H,28,29)(H,31,32)/t16-/m1/s1. The molecule has 1 aliphatic carbocycles. The molecule has 3 aromatic rings. The number of carboxylic acid groups (broad SMARTS) is 1. The van der Waals surface area contributed by atoms with Crippen LogP contribution < -0.4 is 10.1 Å². The number of hydrogen-bond acceptors (Lipinski definition) is 4. The summed E-state index contributed by atoms with van der Waals surface area (Å²) in [6.45, 7) is 6.23. The minimum Gasteiger partial charge on any atom is -0.478 e. The van der Waals surface area contributed by atoms with E-state index in [1.54, 1.807) is 13.0 Å². The zero-order valence-electron chi connectivity index (χ0n) is 18.7. The third kappa shape index (κ3) is 5.07. The predicted molar refractivity (Wildman–Crippen MR) is 119 cm³/mol. The Morgan fingerprint density at radius 2 is 1.94 bits per heavy atom. The van der Waals surface area contributed by atoms with E-state index in [2.05, 4.69) is 33.5 Å². The van der Waals surface area contributed by atoms with Gasteiger partial charge in [-0.1, -0.05) is 20.3 Å². The molecule has 1 aromatic heterocycles. The van der Waals surface area contributed by atoms with Gasteiger partial charge in [-0.15, -0.1) is 13.2 Å². The summed E-state index contributed by atoms with van der Waals surface area (Å²) in [5, 5.41) is 12.7. The fourth-order valence-electron chi connectivity index (χ4n) is 4.68. The van der Waals surface area contributed by atoms with Gasteiger partial charge in [-0.25, -0.2) is 9.78 Å². The number of benzene rings is 2. The van der Waals surface area contributed by atoms with Crippen molar-refractivity contribution in [2.45, 2.75) is 58.9 Å². The molecule has 0 aliphatic heterocycles. The Morgan fingerprint density at radius 1 is 1.24 bits per heavy atom. The van der Waals surface area contributed by atoms with Gasteiger partial charge in [0.05, 0.1) is 16.6 Å². The van der Waals surface area contributed by atoms with Crippen molar-refractivity contribution < 1.29 is 27.8 Å². The predicted octanol–water partition coefficient (Wildman–Crippen LogP) is 6.83. The Hall–Kier alpha value is -3.23. The van der Waals surface area contributed by atoms with Gasteiger partial charge in [0.1, 0.15) is 5.75 Å². The third-order valence-electron chi connectivity index (χ3n) is 6.15. The van der Waals surface area contributed by atoms with Gasteiger partial charge in [0, 0.05) is 11.7 Å². The van der Waals surface area contributed by atoms with Crippen molar-refractivity contribution in [3.8, 4) is 5.75 Å². The van der Waals surface area contributed by atoms with E-state index < -0.39 is 12.3 Å². The minimum atomic E-state index is -4.75. The summed E-state index contributed by atoms with van der Waals surface area (Å²) in [5.41, 5.74) is 2.93. The molecule has 1 atom stereocenters. The SMILES string of the molecule is Cc1cc2c(cc1C(=O)O)nc(Nc1ccc(OC(F)(F)F)cc1)n2[C@@H]1CCCC(C)(C)C1. The number of alkyl halides is 3. The lowest BCUT2D eigenvalue weighted by molar-refractivity contribution is -0.274. The van der Waals surface area contributed by atoms with Crippen LogP contribution in [0.25, 0.3) is 11.0 Å². The van der Waals surface area contributed by atoms with Gasteiger partial charge in [-0.05, 0) is 73.6 Å². The molecule has 1 heterocycles. The van der Waals surface area contributed by atoms with E-state index in [0.29, 0.717) is 22.7 Å². The first-order valence-electron chi connectivity index (χ1n) is 10.8. The number of ether oxygens (including phenoxy) is 1. The number of nitrogens with zero attached hydrogens (tertiary/aromatic N) is 2. The summed E-state index contributed by atoms with van der Waals surface area (Å²) in [7, 11) is 0. The number of imidazole rings is 1. The van der Waals surface area contributed by atoms with E-state index in [-0.39, 0.29) is 22.8 Å². The molecule has 6 nitrogen and oxygen atoms in total. The maximum absolute atomic E-state index is 12.5. The third-order valence-corrected chi connectivity index (χ3v) is 6.15. The Kier molecular flexibility index (Phi) is 5.76. The van der Waals surface area contributed by atoms with Gasteiger partial charge >= 0.3 is 12.3 Å². The van der Waals surface area contributed by atoms with E-state index in [4.69, 9.17) is 0 Å². The zero-order chi connectivity index (χ0) is 24.0. The highest BCUT2D eigenvalue weighted by Gasteiger charge is 2.32. The number of halogens is 3. The molecule has 0 bridgehead atoms. The lowest BCUT2D eigenvalue weighted by Gasteiger charge is -2.36. The molecule has 176 valence electrons. The first-order valence-corrected chi connectivity index (χ1v) is 10.8. The summed E-state index contributed by atoms with van der Waals surface area (Å²) in [5.74, 6) is -0.797. The van der Waals surface area contributed by atoms with Crippen molar-refractivity contribution >= 4 is 28.6 Å². The molecular weight excluding hydrogens is 435 g/mol. The quantitative estimate of drug-likeness (QED) is 0.436. The second-order valence-electron chi connectivity index (χ2n) is 9.38. The van der Waals surface area contributed by atoms with E-state index in [1.165, 1.54) is 24.3 Å². The van der Waals surface area contributed by atoms with Crippen molar-refractivity contribution in [3.05, 3.63) is 47.5 Å². The first-order chi connectivity index (χ1) is 15.4. The number of carboxylic acids is 1. The molecule has 4 rings (SSSR count). The largest absolute Gasteiger partial charge is 0.573 e. The minimum absolute atomic E-state index is 0.156. The van der Waals surface area contributed by atoms with Crippen LogP contribution in [0.2, 0.25) is 0 Å². The smallest absolute Gasteiger partial charge is 0.478 e. The number of aryl methyl sites for hydroxylation is 1. The summed E-state index contributed by atoms with van der Waals surface area (Å²) < 4.78 is 43.4. The molecule has 33 heavy (non-hydrogen) atoms. The number of nitrogens with one attached hydrogen (secondary N) is 1. The molecule has 0 radical (unpaired) electrons. The Balaban J connectivity index is 1.75. The van der Waals surface area contributed by atoms with E-state index in [9.17, 15) is 23.1 Å². The summed E-state index contributed by atoms with van der Waals surface area (Å²) in [4.78, 5) is 16.3. The van der Waals surface area contributed by atoms with Gasteiger partial charge < -0.3 is 19.7 Å². The van der Waals surface area contributed by atoms with Gasteiger partial charge in [0.2, 0.25) is 5.95 Å². The van der Waals surface area contributed by atoms with Crippen LogP contribution in [0.15, 0.2) is 36.4 Å². The number of anilines is 2. The maximum Gasteiger partial charge on any atom is 0.573 e. The van der Waals surface area contributed by atoms with Gasteiger partial charge in [-0.2, -0.15) is 0 Å². The average molecular weight is 461 g/mol. The molecule has 0 amide bonds. The molecule has 1 fully saturated rings. The fraction of sp³-hybridized carbons (Fsp3) is 0.417. The lowest BCUT2D eigenvalue weighted by atomic mass is 9.75. The molecule has 0 spiro atoms. The van der Waals surface area contributed by atoms with Crippen molar-refractivity contribution in [2.24, 2.45) is 5.41 Å². The Labute approximate surface area is 189 Å². The van der Waals surface area contributed by atoms with Crippen LogP contribution in [0.1, 0.15) is 61.5 Å². The monoisotopic (exact) mass is 461 g/mol. The maximum atomic E-state index is 12.5.